The van der Waals surface area contributed by atoms with Crippen LogP contribution in [0, 0.1) is 12.7 Å². The molecule has 34 heavy (non-hydrogen) atoms. The van der Waals surface area contributed by atoms with E-state index >= 15 is 0 Å². The second kappa shape index (κ2) is 9.66. The number of hydrogen-bond donors (Lipinski definition) is 1. The molecule has 0 saturated heterocycles. The standard InChI is InChI=1S/C26H23FN4O3/c1-17-9-8-13-21(15-17)31-26(34)30(16-20-12-6-7-14-22(20)27)25(33)23(29-31)24(32)28-18(2)19-10-4-3-5-11-19/h3-15,18H,16H2,1-2H3,(H,28,32). The third kappa shape index (κ3) is 4.71. The SMILES string of the molecule is Cc1cccc(-n2nc(C(=O)NC(C)c3ccccc3)c(=O)n(Cc3ccccc3F)c2=O)c1. The number of benzene rings is 3. The van der Waals surface area contributed by atoms with Crippen LogP contribution < -0.4 is 16.6 Å². The van der Waals surface area contributed by atoms with Crippen molar-refractivity contribution < 1.29 is 9.18 Å². The van der Waals surface area contributed by atoms with E-state index in [9.17, 15) is 18.8 Å². The Morgan fingerprint density at radius 3 is 2.41 bits per heavy atom. The Hall–Kier alpha value is -4.33. The Balaban J connectivity index is 1.83. The van der Waals surface area contributed by atoms with E-state index in [2.05, 4.69) is 10.4 Å². The van der Waals surface area contributed by atoms with Gasteiger partial charge in [-0.3, -0.25) is 14.2 Å². The van der Waals surface area contributed by atoms with Crippen LogP contribution in [0.5, 0.6) is 0 Å². The zero-order valence-corrected chi connectivity index (χ0v) is 18.7. The van der Waals surface area contributed by atoms with Gasteiger partial charge in [-0.05, 0) is 43.2 Å². The predicted molar refractivity (Wildman–Crippen MR) is 127 cm³/mol. The molecule has 4 aromatic rings. The van der Waals surface area contributed by atoms with E-state index in [1.807, 2.05) is 43.3 Å². The molecule has 1 N–H and O–H groups in total. The molecule has 0 radical (unpaired) electrons. The summed E-state index contributed by atoms with van der Waals surface area (Å²) >= 11 is 0. The molecule has 3 aromatic carbocycles. The molecule has 1 atom stereocenters. The lowest BCUT2D eigenvalue weighted by Crippen LogP contribution is -2.46. The third-order valence-corrected chi connectivity index (χ3v) is 5.45. The summed E-state index contributed by atoms with van der Waals surface area (Å²) in [4.78, 5) is 39.6. The number of carbonyl (C=O) groups excluding carboxylic acids is 1. The van der Waals surface area contributed by atoms with Gasteiger partial charge >= 0.3 is 5.69 Å². The Labute approximate surface area is 195 Å². The van der Waals surface area contributed by atoms with E-state index in [1.54, 1.807) is 31.2 Å². The fourth-order valence-corrected chi connectivity index (χ4v) is 3.61. The van der Waals surface area contributed by atoms with Gasteiger partial charge in [0, 0.05) is 5.56 Å². The van der Waals surface area contributed by atoms with Crippen LogP contribution in [0.1, 0.15) is 40.1 Å². The van der Waals surface area contributed by atoms with Gasteiger partial charge in [-0.2, -0.15) is 9.78 Å². The molecule has 1 unspecified atom stereocenters. The van der Waals surface area contributed by atoms with Gasteiger partial charge in [0.1, 0.15) is 5.82 Å². The second-order valence-corrected chi connectivity index (χ2v) is 7.97. The Morgan fingerprint density at radius 2 is 1.71 bits per heavy atom. The molecule has 0 aliphatic rings. The van der Waals surface area contributed by atoms with Gasteiger partial charge in [0.2, 0.25) is 5.69 Å². The Morgan fingerprint density at radius 1 is 1.00 bits per heavy atom. The van der Waals surface area contributed by atoms with Crippen molar-refractivity contribution in [1.82, 2.24) is 19.7 Å². The van der Waals surface area contributed by atoms with Gasteiger partial charge in [-0.1, -0.05) is 60.7 Å². The minimum atomic E-state index is -0.894. The van der Waals surface area contributed by atoms with Gasteiger partial charge < -0.3 is 5.32 Å². The average Bonchev–Trinajstić information content (AvgIpc) is 2.83. The van der Waals surface area contributed by atoms with Crippen LogP contribution in [0.25, 0.3) is 5.69 Å². The lowest BCUT2D eigenvalue weighted by atomic mass is 10.1. The van der Waals surface area contributed by atoms with Gasteiger partial charge in [-0.15, -0.1) is 0 Å². The van der Waals surface area contributed by atoms with Crippen molar-refractivity contribution >= 4 is 5.91 Å². The van der Waals surface area contributed by atoms with E-state index in [1.165, 1.54) is 18.2 Å². The van der Waals surface area contributed by atoms with Gasteiger partial charge in [0.05, 0.1) is 18.3 Å². The van der Waals surface area contributed by atoms with E-state index in [0.29, 0.717) is 5.69 Å². The highest BCUT2D eigenvalue weighted by molar-refractivity contribution is 5.92. The Kier molecular flexibility index (Phi) is 6.49. The van der Waals surface area contributed by atoms with E-state index in [-0.39, 0.29) is 12.1 Å². The number of aryl methyl sites for hydroxylation is 1. The molecule has 0 saturated carbocycles. The number of aromatic nitrogens is 3. The largest absolute Gasteiger partial charge is 0.352 e. The van der Waals surface area contributed by atoms with Crippen molar-refractivity contribution in [3.63, 3.8) is 0 Å². The van der Waals surface area contributed by atoms with Crippen LogP contribution in [-0.4, -0.2) is 20.3 Å². The number of amides is 1. The lowest BCUT2D eigenvalue weighted by molar-refractivity contribution is 0.0930. The van der Waals surface area contributed by atoms with E-state index in [0.717, 1.165) is 20.4 Å². The summed E-state index contributed by atoms with van der Waals surface area (Å²) in [5.74, 6) is -1.29. The molecular weight excluding hydrogens is 435 g/mol. The minimum Gasteiger partial charge on any atom is -0.344 e. The number of halogens is 1. The first-order valence-electron chi connectivity index (χ1n) is 10.8. The summed E-state index contributed by atoms with van der Waals surface area (Å²) in [6.45, 7) is 3.29. The topological polar surface area (TPSA) is 86.0 Å². The molecule has 1 heterocycles. The van der Waals surface area contributed by atoms with Crippen molar-refractivity contribution in [2.75, 3.05) is 0 Å². The molecule has 0 aliphatic carbocycles. The van der Waals surface area contributed by atoms with Crippen LogP contribution in [0.15, 0.2) is 88.5 Å². The van der Waals surface area contributed by atoms with Crippen LogP contribution in [0.2, 0.25) is 0 Å². The normalized spacial score (nSPS) is 11.7. The monoisotopic (exact) mass is 458 g/mol. The first kappa shape index (κ1) is 22.8. The Bertz CT molecular complexity index is 1460. The molecule has 7 nitrogen and oxygen atoms in total. The van der Waals surface area contributed by atoms with Gasteiger partial charge in [0.25, 0.3) is 11.5 Å². The van der Waals surface area contributed by atoms with Crippen molar-refractivity contribution in [3.8, 4) is 5.69 Å². The number of hydrogen-bond acceptors (Lipinski definition) is 4. The van der Waals surface area contributed by atoms with Gasteiger partial charge in [-0.25, -0.2) is 9.18 Å². The van der Waals surface area contributed by atoms with Gasteiger partial charge in [0.15, 0.2) is 0 Å². The first-order valence-corrected chi connectivity index (χ1v) is 10.8. The average molecular weight is 458 g/mol. The molecular formula is C26H23FN4O3. The van der Waals surface area contributed by atoms with E-state index in [4.69, 9.17) is 0 Å². The molecule has 4 rings (SSSR count). The lowest BCUT2D eigenvalue weighted by Gasteiger charge is -2.16. The fourth-order valence-electron chi connectivity index (χ4n) is 3.61. The van der Waals surface area contributed by atoms with Crippen LogP contribution in [0.4, 0.5) is 4.39 Å². The predicted octanol–water partition coefficient (Wildman–Crippen LogP) is 3.38. The quantitative estimate of drug-likeness (QED) is 0.480. The zero-order valence-electron chi connectivity index (χ0n) is 18.7. The van der Waals surface area contributed by atoms with Crippen molar-refractivity contribution in [3.05, 3.63) is 128 Å². The molecule has 1 aromatic heterocycles. The molecule has 1 amide bonds. The van der Waals surface area contributed by atoms with Crippen molar-refractivity contribution in [1.29, 1.82) is 0 Å². The maximum atomic E-state index is 14.3. The summed E-state index contributed by atoms with van der Waals surface area (Å²) in [5.41, 5.74) is 0.114. The molecule has 8 heteroatoms. The molecule has 0 spiro atoms. The summed E-state index contributed by atoms with van der Waals surface area (Å²) < 4.78 is 16.1. The fraction of sp³-hybridized carbons (Fsp3) is 0.154. The number of nitrogens with one attached hydrogen (secondary N) is 1. The highest BCUT2D eigenvalue weighted by atomic mass is 19.1. The first-order chi connectivity index (χ1) is 16.3. The number of carbonyl (C=O) groups is 1. The van der Waals surface area contributed by atoms with Crippen molar-refractivity contribution in [2.24, 2.45) is 0 Å². The summed E-state index contributed by atoms with van der Waals surface area (Å²) in [6.07, 6.45) is 0. The highest BCUT2D eigenvalue weighted by Crippen LogP contribution is 2.12. The molecule has 0 aliphatic heterocycles. The van der Waals surface area contributed by atoms with Crippen LogP contribution >= 0.6 is 0 Å². The second-order valence-electron chi connectivity index (χ2n) is 7.97. The molecule has 0 bridgehead atoms. The maximum Gasteiger partial charge on any atom is 0.352 e. The summed E-state index contributed by atoms with van der Waals surface area (Å²) in [5, 5.41) is 6.88. The third-order valence-electron chi connectivity index (χ3n) is 5.45. The van der Waals surface area contributed by atoms with E-state index < -0.39 is 34.7 Å². The van der Waals surface area contributed by atoms with Crippen LogP contribution in [0.3, 0.4) is 0 Å². The number of nitrogens with zero attached hydrogens (tertiary/aromatic N) is 3. The zero-order chi connectivity index (χ0) is 24.2. The molecule has 172 valence electrons. The smallest absolute Gasteiger partial charge is 0.344 e. The highest BCUT2D eigenvalue weighted by Gasteiger charge is 2.22. The summed E-state index contributed by atoms with van der Waals surface area (Å²) in [6, 6.07) is 21.6. The minimum absolute atomic E-state index is 0.146. The maximum absolute atomic E-state index is 14.3. The van der Waals surface area contributed by atoms with Crippen LogP contribution in [-0.2, 0) is 6.54 Å². The summed E-state index contributed by atoms with van der Waals surface area (Å²) in [7, 11) is 0. The molecule has 0 fully saturated rings. The van der Waals surface area contributed by atoms with Crippen molar-refractivity contribution in [2.45, 2.75) is 26.4 Å². The number of rotatable bonds is 6.